The van der Waals surface area contributed by atoms with Crippen molar-refractivity contribution in [3.63, 3.8) is 0 Å². The molecule has 1 aliphatic heterocycles. The molecule has 11 aromatic rings. The molecule has 456 valence electrons. The number of fused-ring (bicyclic) bond motifs is 7. The van der Waals surface area contributed by atoms with Gasteiger partial charge in [0.2, 0.25) is 0 Å². The fourth-order valence-corrected chi connectivity index (χ4v) is 16.7. The van der Waals surface area contributed by atoms with Gasteiger partial charge < -0.3 is 15.1 Å². The van der Waals surface area contributed by atoms with Crippen LogP contribution in [-0.2, 0) is 27.1 Å². The molecule has 0 unspecified atom stereocenters. The molecular formula is C88H86BN3. The molecule has 0 fully saturated rings. The summed E-state index contributed by atoms with van der Waals surface area (Å²) in [6.45, 7) is 31.5. The van der Waals surface area contributed by atoms with Crippen LogP contribution in [0.4, 0.5) is 45.5 Å². The van der Waals surface area contributed by atoms with E-state index in [-0.39, 0.29) is 27.1 Å². The van der Waals surface area contributed by atoms with Crippen LogP contribution < -0.4 is 26.0 Å². The van der Waals surface area contributed by atoms with Gasteiger partial charge in [0.15, 0.2) is 7.28 Å². The second-order valence-corrected chi connectivity index (χ2v) is 30.5. The van der Waals surface area contributed by atoms with Gasteiger partial charge in [-0.1, -0.05) is 226 Å². The molecule has 0 aromatic heterocycles. The summed E-state index contributed by atoms with van der Waals surface area (Å²) in [6.07, 6.45) is 4.61. The number of aryl methyl sites for hydroxylation is 3. The molecule has 1 heterocycles. The summed E-state index contributed by atoms with van der Waals surface area (Å²) >= 11 is 0. The van der Waals surface area contributed by atoms with E-state index in [1.54, 1.807) is 0 Å². The van der Waals surface area contributed by atoms with Gasteiger partial charge in [-0.25, -0.2) is 0 Å². The Kier molecular flexibility index (Phi) is 14.0. The molecule has 4 aliphatic rings. The van der Waals surface area contributed by atoms with E-state index in [0.717, 1.165) is 42.0 Å². The number of benzene rings is 11. The predicted molar refractivity (Wildman–Crippen MR) is 396 cm³/mol. The summed E-state index contributed by atoms with van der Waals surface area (Å²) in [6, 6.07) is 85.7. The summed E-state index contributed by atoms with van der Waals surface area (Å²) in [4.78, 5) is 5.17. The Morgan fingerprint density at radius 1 is 0.359 bits per heavy atom. The first kappa shape index (κ1) is 59.2. The van der Waals surface area contributed by atoms with Crippen molar-refractivity contribution in [3.05, 3.63) is 275 Å². The van der Waals surface area contributed by atoms with Crippen molar-refractivity contribution in [2.24, 2.45) is 0 Å². The van der Waals surface area contributed by atoms with E-state index >= 15 is 0 Å². The predicted octanol–water partition coefficient (Wildman–Crippen LogP) is 22.7. The number of hydrogen-bond acceptors (Lipinski definition) is 3. The average molecular weight is 1200 g/mol. The molecule has 0 saturated heterocycles. The van der Waals surface area contributed by atoms with E-state index in [2.05, 4.69) is 330 Å². The molecule has 0 spiro atoms. The topological polar surface area (TPSA) is 18.5 Å². The van der Waals surface area contributed by atoms with Gasteiger partial charge >= 0.3 is 0 Å². The molecule has 15 rings (SSSR count). The zero-order valence-electron chi connectivity index (χ0n) is 56.3. The maximum atomic E-state index is 4.36. The first-order valence-electron chi connectivity index (χ1n) is 33.7. The molecule has 11 aromatic carbocycles. The maximum absolute atomic E-state index is 4.36. The van der Waals surface area contributed by atoms with Crippen molar-refractivity contribution < 1.29 is 0 Å². The number of nitrogens with one attached hydrogen (secondary N) is 1. The zero-order valence-corrected chi connectivity index (χ0v) is 56.3. The van der Waals surface area contributed by atoms with Gasteiger partial charge in [0, 0.05) is 56.4 Å². The minimum Gasteiger partial charge on any atom is -0.354 e. The first-order valence-corrected chi connectivity index (χ1v) is 33.7. The molecule has 3 nitrogen and oxygen atoms in total. The van der Waals surface area contributed by atoms with Crippen LogP contribution >= 0.6 is 0 Å². The highest BCUT2D eigenvalue weighted by molar-refractivity contribution is 6.73. The minimum absolute atomic E-state index is 0.00902. The molecular weight excluding hydrogens is 1110 g/mol. The van der Waals surface area contributed by atoms with E-state index in [0.29, 0.717) is 7.28 Å². The fourth-order valence-electron chi connectivity index (χ4n) is 16.7. The van der Waals surface area contributed by atoms with E-state index < -0.39 is 0 Å². The molecule has 0 atom stereocenters. The number of rotatable bonds is 10. The van der Waals surface area contributed by atoms with Crippen molar-refractivity contribution >= 4 is 63.7 Å². The molecule has 0 bridgehead atoms. The average Bonchev–Trinajstić information content (AvgIpc) is 1.30. The number of anilines is 8. The molecule has 0 saturated carbocycles. The molecule has 3 aliphatic carbocycles. The van der Waals surface area contributed by atoms with Crippen LogP contribution in [0.1, 0.15) is 145 Å². The van der Waals surface area contributed by atoms with Crippen LogP contribution in [0.3, 0.4) is 0 Å². The van der Waals surface area contributed by atoms with Crippen LogP contribution in [0.5, 0.6) is 0 Å². The summed E-state index contributed by atoms with van der Waals surface area (Å²) < 4.78 is 0. The molecule has 0 radical (unpaired) electrons. The second kappa shape index (κ2) is 21.8. The highest BCUT2D eigenvalue weighted by Gasteiger charge is 2.43. The lowest BCUT2D eigenvalue weighted by atomic mass is 9.57. The third kappa shape index (κ3) is 9.85. The summed E-state index contributed by atoms with van der Waals surface area (Å²) in [5.74, 6) is 0. The summed E-state index contributed by atoms with van der Waals surface area (Å²) in [5.41, 5.74) is 36.6. The van der Waals surface area contributed by atoms with Crippen molar-refractivity contribution in [1.82, 2.24) is 0 Å². The van der Waals surface area contributed by atoms with E-state index in [9.17, 15) is 0 Å². The van der Waals surface area contributed by atoms with Gasteiger partial charge in [-0.15, -0.1) is 0 Å². The van der Waals surface area contributed by atoms with Crippen molar-refractivity contribution in [2.75, 3.05) is 15.1 Å². The normalized spacial score (nSPS) is 16.4. The van der Waals surface area contributed by atoms with Gasteiger partial charge in [0.05, 0.1) is 5.69 Å². The van der Waals surface area contributed by atoms with Gasteiger partial charge in [0.25, 0.3) is 0 Å². The number of hydrogen-bond donors (Lipinski definition) is 1. The Hall–Kier alpha value is -9.12. The van der Waals surface area contributed by atoms with Gasteiger partial charge in [-0.2, -0.15) is 0 Å². The van der Waals surface area contributed by atoms with E-state index in [1.165, 1.54) is 146 Å². The van der Waals surface area contributed by atoms with E-state index in [4.69, 9.17) is 0 Å². The van der Waals surface area contributed by atoms with Gasteiger partial charge in [-0.05, 0) is 241 Å². The van der Waals surface area contributed by atoms with Crippen LogP contribution in [-0.4, -0.2) is 7.28 Å². The van der Waals surface area contributed by atoms with Crippen molar-refractivity contribution in [3.8, 4) is 55.6 Å². The van der Waals surface area contributed by atoms with Crippen LogP contribution in [0.15, 0.2) is 224 Å². The molecule has 92 heavy (non-hydrogen) atoms. The Balaban J connectivity index is 1.02. The largest absolute Gasteiger partial charge is 0.354 e. The minimum atomic E-state index is -0.221. The molecule has 0 amide bonds. The zero-order chi connectivity index (χ0) is 63.8. The van der Waals surface area contributed by atoms with E-state index in [1.807, 2.05) is 0 Å². The highest BCUT2D eigenvalue weighted by Crippen LogP contribution is 2.57. The second-order valence-electron chi connectivity index (χ2n) is 30.5. The Morgan fingerprint density at radius 2 is 0.891 bits per heavy atom. The fraction of sp³-hybridized carbons (Fsp3) is 0.250. The van der Waals surface area contributed by atoms with Gasteiger partial charge in [0.1, 0.15) is 0 Å². The standard InChI is InChI=1S/C88H86BN3/c1-55-25-20-21-35-67(55)62-50-70(68-39-41-72-80(69-36-22-26-56(2)81(69)88(72,12)13)83(68)90-63-37-40-71-74(52-63)86(8,9)44-43-84(71,4)5)82-79(51-62)92(78-54-75-73(47-57(78)3)85(6,7)45-46-87(75,10)11)77-42-38-66(53-76(77)89-82)91(64-33-23-31-60(48-64)58-27-16-14-17-28-58)65-34-24-32-61(49-65)59-29-18-15-19-30-59/h14-42,47-54,89-90H,43-46H2,1-13H3. The SMILES string of the molecule is Cc1ccccc1-c1cc(-c2ccc3c(c2Nc2ccc4c(c2)C(C)(C)CCC4(C)C)-c2cccc(C)c2C3(C)C)c2c(c1)N(c1cc3c(cc1C)C(C)(C)CCC3(C)C)c1ccc(N(c3cccc(-c4ccccc4)c3)c3cccc(-c4ccccc4)c3)cc1B2. The van der Waals surface area contributed by atoms with Crippen LogP contribution in [0.2, 0.25) is 0 Å². The van der Waals surface area contributed by atoms with Gasteiger partial charge in [-0.3, -0.25) is 0 Å². The lowest BCUT2D eigenvalue weighted by molar-refractivity contribution is 0.332. The maximum Gasteiger partial charge on any atom is 0.198 e. The van der Waals surface area contributed by atoms with Crippen LogP contribution in [0.25, 0.3) is 55.6 Å². The molecule has 1 N–H and O–H groups in total. The first-order chi connectivity index (χ1) is 44.1. The quantitative estimate of drug-likeness (QED) is 0.138. The third-order valence-electron chi connectivity index (χ3n) is 22.1. The Morgan fingerprint density at radius 3 is 1.53 bits per heavy atom. The third-order valence-corrected chi connectivity index (χ3v) is 22.1. The lowest BCUT2D eigenvalue weighted by Crippen LogP contribution is -2.42. The Bertz CT molecular complexity index is 4690. The lowest BCUT2D eigenvalue weighted by Gasteiger charge is -2.44. The summed E-state index contributed by atoms with van der Waals surface area (Å²) in [5, 5.41) is 4.36. The smallest absolute Gasteiger partial charge is 0.198 e. The Labute approximate surface area is 548 Å². The molecule has 4 heteroatoms. The highest BCUT2D eigenvalue weighted by atomic mass is 15.2. The monoisotopic (exact) mass is 1200 g/mol. The van der Waals surface area contributed by atoms with Crippen molar-refractivity contribution in [1.29, 1.82) is 0 Å². The summed E-state index contributed by atoms with van der Waals surface area (Å²) in [7, 11) is 0.711. The van der Waals surface area contributed by atoms with Crippen LogP contribution in [0, 0.1) is 20.8 Å². The van der Waals surface area contributed by atoms with Crippen molar-refractivity contribution in [2.45, 2.75) is 143 Å². The number of nitrogens with zero attached hydrogens (tertiary/aromatic N) is 2.